The minimum absolute atomic E-state index is 0.308. The van der Waals surface area contributed by atoms with Crippen LogP contribution in [0.25, 0.3) is 0 Å². The lowest BCUT2D eigenvalue weighted by molar-refractivity contribution is 0.0580. The van der Waals surface area contributed by atoms with Crippen molar-refractivity contribution in [1.29, 1.82) is 0 Å². The van der Waals surface area contributed by atoms with Gasteiger partial charge in [-0.2, -0.15) is 0 Å². The second-order valence-electron chi connectivity index (χ2n) is 3.72. The maximum absolute atomic E-state index is 13.1. The summed E-state index contributed by atoms with van der Waals surface area (Å²) in [4.78, 5) is 0. The fourth-order valence-electron chi connectivity index (χ4n) is 1.44. The number of hydrogen-bond donors (Lipinski definition) is 0. The van der Waals surface area contributed by atoms with Gasteiger partial charge in [0.25, 0.3) is 0 Å². The van der Waals surface area contributed by atoms with E-state index in [4.69, 9.17) is 4.74 Å². The van der Waals surface area contributed by atoms with Gasteiger partial charge in [0.15, 0.2) is 0 Å². The molecular formula is C8H16FO2P. The van der Waals surface area contributed by atoms with E-state index in [2.05, 4.69) is 0 Å². The fraction of sp³-hybridized carbons (Fsp3) is 1.00. The summed E-state index contributed by atoms with van der Waals surface area (Å²) in [6, 6.07) is 0. The number of hydrogen-bond acceptors (Lipinski definition) is 2. The molecule has 3 atom stereocenters. The van der Waals surface area contributed by atoms with E-state index in [0.717, 1.165) is 0 Å². The van der Waals surface area contributed by atoms with Gasteiger partial charge in [0.1, 0.15) is 19.2 Å². The molecule has 0 saturated carbocycles. The first-order chi connectivity index (χ1) is 5.45. The van der Waals surface area contributed by atoms with Crippen LogP contribution in [-0.2, 0) is 9.30 Å². The predicted molar refractivity (Wildman–Crippen MR) is 47.9 cm³/mol. The van der Waals surface area contributed by atoms with Gasteiger partial charge in [-0.3, -0.25) is 0 Å². The summed E-state index contributed by atoms with van der Waals surface area (Å²) in [7, 11) is -2.26. The van der Waals surface area contributed by atoms with Gasteiger partial charge in [0.2, 0.25) is 0 Å². The van der Waals surface area contributed by atoms with Crippen molar-refractivity contribution in [1.82, 2.24) is 0 Å². The molecule has 1 aliphatic rings. The van der Waals surface area contributed by atoms with Crippen molar-refractivity contribution in [2.24, 2.45) is 0 Å². The molecule has 0 amide bonds. The number of ether oxygens (including phenoxy) is 1. The van der Waals surface area contributed by atoms with Crippen LogP contribution < -0.4 is 0 Å². The minimum Gasteiger partial charge on any atom is -0.364 e. The summed E-state index contributed by atoms with van der Waals surface area (Å²) in [5, 5.41) is 0. The van der Waals surface area contributed by atoms with Crippen molar-refractivity contribution < 1.29 is 13.7 Å². The highest BCUT2D eigenvalue weighted by molar-refractivity contribution is 7.62. The molecule has 1 fully saturated rings. The molecule has 4 heteroatoms. The zero-order valence-electron chi connectivity index (χ0n) is 7.79. The Balaban J connectivity index is 2.60. The summed E-state index contributed by atoms with van der Waals surface area (Å²) in [5.41, 5.74) is 0. The third-order valence-corrected chi connectivity index (χ3v) is 3.98. The van der Waals surface area contributed by atoms with Crippen LogP contribution in [-0.4, -0.2) is 31.5 Å². The van der Waals surface area contributed by atoms with Crippen molar-refractivity contribution in [2.45, 2.75) is 37.9 Å². The third-order valence-electron chi connectivity index (χ3n) is 2.26. The zero-order chi connectivity index (χ0) is 9.35. The van der Waals surface area contributed by atoms with Crippen molar-refractivity contribution in [3.05, 3.63) is 0 Å². The first kappa shape index (κ1) is 10.2. The molecule has 0 aromatic carbocycles. The molecule has 72 valence electrons. The molecule has 0 spiro atoms. The first-order valence-corrected chi connectivity index (χ1v) is 6.96. The molecule has 0 N–H and O–H groups in total. The predicted octanol–water partition coefficient (Wildman–Crippen LogP) is 2.47. The quantitative estimate of drug-likeness (QED) is 0.631. The molecule has 1 saturated heterocycles. The van der Waals surface area contributed by atoms with Crippen LogP contribution in [0, 0.1) is 0 Å². The Hall–Kier alpha value is 0.120. The summed E-state index contributed by atoms with van der Waals surface area (Å²) >= 11 is 0. The second-order valence-corrected chi connectivity index (χ2v) is 7.17. The topological polar surface area (TPSA) is 26.3 Å². The Kier molecular flexibility index (Phi) is 2.95. The van der Waals surface area contributed by atoms with E-state index in [0.29, 0.717) is 12.8 Å². The summed E-state index contributed by atoms with van der Waals surface area (Å²) in [6.07, 6.45) is -0.281. The van der Waals surface area contributed by atoms with Crippen LogP contribution in [0.15, 0.2) is 0 Å². The van der Waals surface area contributed by atoms with Gasteiger partial charge in [-0.05, 0) is 19.8 Å². The van der Waals surface area contributed by atoms with Crippen LogP contribution in [0.4, 0.5) is 4.39 Å². The molecule has 0 aromatic rings. The average Bonchev–Trinajstić information content (AvgIpc) is 2.29. The van der Waals surface area contributed by atoms with Crippen LogP contribution in [0.2, 0.25) is 0 Å². The van der Waals surface area contributed by atoms with Crippen LogP contribution >= 0.6 is 7.14 Å². The first-order valence-electron chi connectivity index (χ1n) is 4.29. The third kappa shape index (κ3) is 2.08. The Bertz CT molecular complexity index is 201. The molecule has 0 aliphatic carbocycles. The standard InChI is InChI=1S/C8H16FO2P/c1-4-7-6(9)5-8(11-7)12(2,3)10/h6-8H,4-5H2,1-3H3/t6-,7+,8-/m0/s1. The highest BCUT2D eigenvalue weighted by Gasteiger charge is 2.39. The van der Waals surface area contributed by atoms with Crippen molar-refractivity contribution >= 4 is 7.14 Å². The van der Waals surface area contributed by atoms with E-state index < -0.39 is 13.3 Å². The van der Waals surface area contributed by atoms with Gasteiger partial charge in [0.05, 0.1) is 6.10 Å². The molecule has 0 radical (unpaired) electrons. The van der Waals surface area contributed by atoms with Crippen molar-refractivity contribution in [2.75, 3.05) is 13.3 Å². The van der Waals surface area contributed by atoms with Gasteiger partial charge in [-0.25, -0.2) is 4.39 Å². The van der Waals surface area contributed by atoms with Gasteiger partial charge < -0.3 is 9.30 Å². The van der Waals surface area contributed by atoms with E-state index in [9.17, 15) is 8.96 Å². The number of alkyl halides is 1. The van der Waals surface area contributed by atoms with E-state index in [1.807, 2.05) is 6.92 Å². The maximum Gasteiger partial charge on any atom is 0.129 e. The highest BCUT2D eigenvalue weighted by atomic mass is 31.2. The van der Waals surface area contributed by atoms with Gasteiger partial charge in [-0.15, -0.1) is 0 Å². The normalized spacial score (nSPS) is 37.2. The van der Waals surface area contributed by atoms with Gasteiger partial charge in [-0.1, -0.05) is 6.92 Å². The van der Waals surface area contributed by atoms with Crippen LogP contribution in [0.3, 0.4) is 0 Å². The van der Waals surface area contributed by atoms with Gasteiger partial charge >= 0.3 is 0 Å². The maximum atomic E-state index is 13.1. The average molecular weight is 194 g/mol. The SMILES string of the molecule is CC[C@H]1O[C@@H](P(C)(C)=O)C[C@@H]1F. The molecule has 1 rings (SSSR count). The summed E-state index contributed by atoms with van der Waals surface area (Å²) in [5.74, 6) is -0.350. The zero-order valence-corrected chi connectivity index (χ0v) is 8.68. The molecule has 1 heterocycles. The van der Waals surface area contributed by atoms with E-state index in [1.54, 1.807) is 13.3 Å². The van der Waals surface area contributed by atoms with Gasteiger partial charge in [0, 0.05) is 6.42 Å². The van der Waals surface area contributed by atoms with E-state index in [-0.39, 0.29) is 11.9 Å². The molecule has 0 bridgehead atoms. The monoisotopic (exact) mass is 194 g/mol. The lowest BCUT2D eigenvalue weighted by atomic mass is 10.2. The number of rotatable bonds is 2. The Morgan fingerprint density at radius 2 is 2.17 bits per heavy atom. The van der Waals surface area contributed by atoms with Crippen molar-refractivity contribution in [3.8, 4) is 0 Å². The van der Waals surface area contributed by atoms with Crippen LogP contribution in [0.5, 0.6) is 0 Å². The number of halogens is 1. The minimum atomic E-state index is -2.26. The highest BCUT2D eigenvalue weighted by Crippen LogP contribution is 2.49. The van der Waals surface area contributed by atoms with E-state index in [1.165, 1.54) is 0 Å². The smallest absolute Gasteiger partial charge is 0.129 e. The molecule has 0 unspecified atom stereocenters. The molecule has 0 aromatic heterocycles. The fourth-order valence-corrected chi connectivity index (χ4v) is 2.60. The largest absolute Gasteiger partial charge is 0.364 e. The Labute approximate surface area is 72.9 Å². The Morgan fingerprint density at radius 1 is 1.58 bits per heavy atom. The van der Waals surface area contributed by atoms with E-state index >= 15 is 0 Å². The second kappa shape index (κ2) is 3.47. The molecule has 12 heavy (non-hydrogen) atoms. The Morgan fingerprint density at radius 3 is 2.42 bits per heavy atom. The summed E-state index contributed by atoms with van der Waals surface area (Å²) < 4.78 is 30.0. The van der Waals surface area contributed by atoms with Crippen LogP contribution in [0.1, 0.15) is 19.8 Å². The summed E-state index contributed by atoms with van der Waals surface area (Å²) in [6.45, 7) is 5.20. The molecule has 1 aliphatic heterocycles. The molecule has 2 nitrogen and oxygen atoms in total. The lowest BCUT2D eigenvalue weighted by Crippen LogP contribution is -2.15. The van der Waals surface area contributed by atoms with Crippen molar-refractivity contribution in [3.63, 3.8) is 0 Å². The molecular weight excluding hydrogens is 178 g/mol. The lowest BCUT2D eigenvalue weighted by Gasteiger charge is -2.15.